The largest absolute Gasteiger partial charge is 0.375 e. The van der Waals surface area contributed by atoms with Crippen molar-refractivity contribution in [3.05, 3.63) is 71.9 Å². The van der Waals surface area contributed by atoms with Gasteiger partial charge in [0.1, 0.15) is 11.9 Å². The first-order valence-corrected chi connectivity index (χ1v) is 9.17. The lowest BCUT2D eigenvalue weighted by molar-refractivity contribution is 0.0293. The van der Waals surface area contributed by atoms with Crippen LogP contribution in [0.1, 0.15) is 11.1 Å². The number of aromatic nitrogens is 2. The molecule has 5 nitrogen and oxygen atoms in total. The molecule has 0 amide bonds. The van der Waals surface area contributed by atoms with E-state index in [1.165, 1.54) is 12.1 Å². The molecule has 1 aliphatic rings. The molecule has 28 heavy (non-hydrogen) atoms. The summed E-state index contributed by atoms with van der Waals surface area (Å²) in [4.78, 5) is 8.69. The highest BCUT2D eigenvalue weighted by Gasteiger charge is 2.20. The Morgan fingerprint density at radius 3 is 2.89 bits per heavy atom. The number of rotatable bonds is 4. The van der Waals surface area contributed by atoms with E-state index >= 15 is 0 Å². The monoisotopic (exact) mass is 374 g/mol. The molecule has 4 rings (SSSR count). The van der Waals surface area contributed by atoms with Gasteiger partial charge in [0.2, 0.25) is 0 Å². The molecule has 0 spiro atoms. The fourth-order valence-corrected chi connectivity index (χ4v) is 3.51. The Balaban J connectivity index is 1.83. The molecule has 1 atom stereocenters. The van der Waals surface area contributed by atoms with Crippen molar-refractivity contribution in [2.24, 2.45) is 0 Å². The standard InChI is InChI=1S/C22H19FN4O/c23-20-11-15(4-5-17(20)12-24)19-3-1-2-16(10-18-13-26-8-9-28-18)22(19)21-14-25-6-7-27-21/h1-7,11,14,18,26H,8-10,13H2. The van der Waals surface area contributed by atoms with E-state index in [-0.39, 0.29) is 11.7 Å². The predicted molar refractivity (Wildman–Crippen MR) is 104 cm³/mol. The van der Waals surface area contributed by atoms with Crippen molar-refractivity contribution in [1.29, 1.82) is 5.26 Å². The van der Waals surface area contributed by atoms with Crippen LogP contribution in [-0.2, 0) is 11.2 Å². The Morgan fingerprint density at radius 2 is 2.18 bits per heavy atom. The molecule has 0 saturated carbocycles. The van der Waals surface area contributed by atoms with Gasteiger partial charge in [0.15, 0.2) is 0 Å². The minimum Gasteiger partial charge on any atom is -0.375 e. The first kappa shape index (κ1) is 18.2. The average Bonchev–Trinajstić information content (AvgIpc) is 2.75. The lowest BCUT2D eigenvalue weighted by atomic mass is 9.90. The SMILES string of the molecule is N#Cc1ccc(-c2cccc(CC3CNCCO3)c2-c2cnccn2)cc1F. The van der Waals surface area contributed by atoms with Gasteiger partial charge in [-0.2, -0.15) is 5.26 Å². The van der Waals surface area contributed by atoms with E-state index in [9.17, 15) is 4.39 Å². The average molecular weight is 374 g/mol. The van der Waals surface area contributed by atoms with E-state index in [4.69, 9.17) is 10.00 Å². The van der Waals surface area contributed by atoms with E-state index in [0.717, 1.165) is 35.5 Å². The Hall–Kier alpha value is -3.14. The fraction of sp³-hybridized carbons (Fsp3) is 0.227. The summed E-state index contributed by atoms with van der Waals surface area (Å²) in [6, 6.07) is 12.5. The van der Waals surface area contributed by atoms with E-state index in [2.05, 4.69) is 15.3 Å². The molecule has 0 radical (unpaired) electrons. The summed E-state index contributed by atoms with van der Waals surface area (Å²) in [7, 11) is 0. The summed E-state index contributed by atoms with van der Waals surface area (Å²) in [6.07, 6.45) is 5.76. The van der Waals surface area contributed by atoms with Crippen molar-refractivity contribution in [1.82, 2.24) is 15.3 Å². The van der Waals surface area contributed by atoms with E-state index in [0.29, 0.717) is 18.6 Å². The van der Waals surface area contributed by atoms with Gasteiger partial charge >= 0.3 is 0 Å². The van der Waals surface area contributed by atoms with Gasteiger partial charge in [-0.05, 0) is 28.8 Å². The summed E-state index contributed by atoms with van der Waals surface area (Å²) in [5.74, 6) is -0.532. The summed E-state index contributed by atoms with van der Waals surface area (Å²) in [6.45, 7) is 2.33. The van der Waals surface area contributed by atoms with Gasteiger partial charge in [-0.3, -0.25) is 9.97 Å². The van der Waals surface area contributed by atoms with E-state index in [1.54, 1.807) is 24.7 Å². The van der Waals surface area contributed by atoms with Crippen LogP contribution in [0.3, 0.4) is 0 Å². The molecule has 1 aliphatic heterocycles. The number of hydrogen-bond acceptors (Lipinski definition) is 5. The third kappa shape index (κ3) is 3.77. The van der Waals surface area contributed by atoms with Crippen molar-refractivity contribution >= 4 is 0 Å². The maximum absolute atomic E-state index is 14.3. The molecular formula is C22H19FN4O. The highest BCUT2D eigenvalue weighted by Crippen LogP contribution is 2.35. The lowest BCUT2D eigenvalue weighted by Gasteiger charge is -2.25. The summed E-state index contributed by atoms with van der Waals surface area (Å²) in [5.41, 5.74) is 4.28. The second kappa shape index (κ2) is 8.26. The summed E-state index contributed by atoms with van der Waals surface area (Å²) < 4.78 is 20.1. The molecule has 1 aromatic heterocycles. The van der Waals surface area contributed by atoms with Crippen LogP contribution < -0.4 is 5.32 Å². The maximum Gasteiger partial charge on any atom is 0.141 e. The summed E-state index contributed by atoms with van der Waals surface area (Å²) in [5, 5.41) is 12.4. The molecule has 2 heterocycles. The quantitative estimate of drug-likeness (QED) is 0.758. The second-order valence-electron chi connectivity index (χ2n) is 6.64. The van der Waals surface area contributed by atoms with E-state index in [1.807, 2.05) is 24.3 Å². The number of halogens is 1. The number of ether oxygens (including phenoxy) is 1. The molecule has 1 N–H and O–H groups in total. The van der Waals surface area contributed by atoms with Gasteiger partial charge in [-0.15, -0.1) is 0 Å². The number of morpholine rings is 1. The van der Waals surface area contributed by atoms with Crippen LogP contribution in [0.5, 0.6) is 0 Å². The molecule has 140 valence electrons. The Morgan fingerprint density at radius 1 is 1.25 bits per heavy atom. The van der Waals surface area contributed by atoms with Crippen LogP contribution in [0.25, 0.3) is 22.4 Å². The molecule has 1 unspecified atom stereocenters. The molecule has 6 heteroatoms. The Bertz CT molecular complexity index is 1010. The van der Waals surface area contributed by atoms with Gasteiger partial charge in [0, 0.05) is 37.5 Å². The highest BCUT2D eigenvalue weighted by atomic mass is 19.1. The van der Waals surface area contributed by atoms with Crippen LogP contribution in [0.4, 0.5) is 4.39 Å². The van der Waals surface area contributed by atoms with Gasteiger partial charge in [0.05, 0.1) is 30.2 Å². The lowest BCUT2D eigenvalue weighted by Crippen LogP contribution is -2.39. The highest BCUT2D eigenvalue weighted by molar-refractivity contribution is 5.84. The van der Waals surface area contributed by atoms with Crippen molar-refractivity contribution in [2.75, 3.05) is 19.7 Å². The third-order valence-corrected chi connectivity index (χ3v) is 4.82. The van der Waals surface area contributed by atoms with Gasteiger partial charge in [-0.1, -0.05) is 24.3 Å². The van der Waals surface area contributed by atoms with Crippen LogP contribution in [-0.4, -0.2) is 35.8 Å². The third-order valence-electron chi connectivity index (χ3n) is 4.82. The molecule has 3 aromatic rings. The summed E-state index contributed by atoms with van der Waals surface area (Å²) >= 11 is 0. The smallest absolute Gasteiger partial charge is 0.141 e. The normalized spacial score (nSPS) is 16.5. The zero-order chi connectivity index (χ0) is 19.3. The minimum atomic E-state index is -0.532. The van der Waals surface area contributed by atoms with E-state index < -0.39 is 5.82 Å². The first-order chi connectivity index (χ1) is 13.8. The van der Waals surface area contributed by atoms with Crippen molar-refractivity contribution < 1.29 is 9.13 Å². The molecule has 1 saturated heterocycles. The van der Waals surface area contributed by atoms with Crippen molar-refractivity contribution in [3.8, 4) is 28.5 Å². The zero-order valence-electron chi connectivity index (χ0n) is 15.2. The van der Waals surface area contributed by atoms with Crippen LogP contribution in [0, 0.1) is 17.1 Å². The maximum atomic E-state index is 14.3. The van der Waals surface area contributed by atoms with Gasteiger partial charge < -0.3 is 10.1 Å². The number of nitrogens with one attached hydrogen (secondary N) is 1. The van der Waals surface area contributed by atoms with Crippen LogP contribution in [0.2, 0.25) is 0 Å². The van der Waals surface area contributed by atoms with Crippen LogP contribution in [0.15, 0.2) is 55.0 Å². The van der Waals surface area contributed by atoms with Gasteiger partial charge in [0.25, 0.3) is 0 Å². The van der Waals surface area contributed by atoms with Crippen molar-refractivity contribution in [3.63, 3.8) is 0 Å². The second-order valence-corrected chi connectivity index (χ2v) is 6.64. The molecular weight excluding hydrogens is 355 g/mol. The van der Waals surface area contributed by atoms with Crippen LogP contribution >= 0.6 is 0 Å². The minimum absolute atomic E-state index is 0.0302. The Kier molecular flexibility index (Phi) is 5.38. The van der Waals surface area contributed by atoms with Crippen molar-refractivity contribution in [2.45, 2.75) is 12.5 Å². The predicted octanol–water partition coefficient (Wildman–Crippen LogP) is 3.35. The number of benzene rings is 2. The Labute approximate surface area is 162 Å². The molecule has 1 fully saturated rings. The first-order valence-electron chi connectivity index (χ1n) is 9.17. The van der Waals surface area contributed by atoms with Gasteiger partial charge in [-0.25, -0.2) is 4.39 Å². The number of nitrogens with zero attached hydrogens (tertiary/aromatic N) is 3. The molecule has 0 bridgehead atoms. The molecule has 0 aliphatic carbocycles. The fourth-order valence-electron chi connectivity index (χ4n) is 3.51. The number of nitriles is 1. The topological polar surface area (TPSA) is 70.8 Å². The molecule has 2 aromatic carbocycles. The zero-order valence-corrected chi connectivity index (χ0v) is 15.2. The number of hydrogen-bond donors (Lipinski definition) is 1.